The third-order valence-electron chi connectivity index (χ3n) is 4.69. The predicted molar refractivity (Wildman–Crippen MR) is 84.3 cm³/mol. The summed E-state index contributed by atoms with van der Waals surface area (Å²) >= 11 is 0. The van der Waals surface area contributed by atoms with Gasteiger partial charge in [0.2, 0.25) is 0 Å². The summed E-state index contributed by atoms with van der Waals surface area (Å²) < 4.78 is 0. The van der Waals surface area contributed by atoms with E-state index < -0.39 is 0 Å². The van der Waals surface area contributed by atoms with Gasteiger partial charge in [-0.3, -0.25) is 0 Å². The van der Waals surface area contributed by atoms with Crippen molar-refractivity contribution >= 4 is 5.69 Å². The Balaban J connectivity index is 1.74. The number of hydrogen-bond donors (Lipinski definition) is 1. The van der Waals surface area contributed by atoms with E-state index in [9.17, 15) is 0 Å². The van der Waals surface area contributed by atoms with Gasteiger partial charge in [0.25, 0.3) is 0 Å². The molecule has 2 aliphatic rings. The van der Waals surface area contributed by atoms with Crippen molar-refractivity contribution in [3.63, 3.8) is 0 Å². The fourth-order valence-corrected chi connectivity index (χ4v) is 3.43. The summed E-state index contributed by atoms with van der Waals surface area (Å²) in [5.74, 6) is 0.834. The summed E-state index contributed by atoms with van der Waals surface area (Å²) in [6.07, 6.45) is 6.23. The van der Waals surface area contributed by atoms with Gasteiger partial charge >= 0.3 is 0 Å². The first kappa shape index (κ1) is 12.8. The molecule has 0 amide bonds. The Bertz CT molecular complexity index is 695. The summed E-state index contributed by atoms with van der Waals surface area (Å²) in [7, 11) is 2.14. The van der Waals surface area contributed by atoms with Crippen LogP contribution in [0.25, 0.3) is 11.4 Å². The van der Waals surface area contributed by atoms with E-state index in [1.807, 2.05) is 6.20 Å². The summed E-state index contributed by atoms with van der Waals surface area (Å²) in [6, 6.07) is 6.66. The van der Waals surface area contributed by atoms with Crippen LogP contribution >= 0.6 is 0 Å². The number of rotatable bonds is 1. The fourth-order valence-electron chi connectivity index (χ4n) is 3.43. The van der Waals surface area contributed by atoms with Crippen molar-refractivity contribution in [3.05, 3.63) is 41.2 Å². The molecular formula is C17H20N4. The van der Waals surface area contributed by atoms with Crippen molar-refractivity contribution in [2.75, 3.05) is 18.5 Å². The molecule has 108 valence electrons. The molecule has 0 bridgehead atoms. The third kappa shape index (κ3) is 2.10. The van der Waals surface area contributed by atoms with Crippen LogP contribution in [0.1, 0.15) is 35.7 Å². The van der Waals surface area contributed by atoms with E-state index in [-0.39, 0.29) is 6.04 Å². The molecule has 0 radical (unpaired) electrons. The maximum absolute atomic E-state index is 6.14. The number of fused-ring (bicyclic) bond motifs is 2. The zero-order valence-corrected chi connectivity index (χ0v) is 12.3. The van der Waals surface area contributed by atoms with Crippen LogP contribution in [0.4, 0.5) is 5.69 Å². The van der Waals surface area contributed by atoms with Crippen LogP contribution in [0, 0.1) is 0 Å². The first-order valence-corrected chi connectivity index (χ1v) is 7.68. The lowest BCUT2D eigenvalue weighted by molar-refractivity contribution is 0.557. The van der Waals surface area contributed by atoms with Crippen LogP contribution in [-0.4, -0.2) is 23.6 Å². The van der Waals surface area contributed by atoms with Crippen molar-refractivity contribution < 1.29 is 0 Å². The maximum atomic E-state index is 6.14. The highest BCUT2D eigenvalue weighted by molar-refractivity contribution is 5.66. The molecule has 2 N–H and O–H groups in total. The van der Waals surface area contributed by atoms with E-state index in [0.29, 0.717) is 0 Å². The molecule has 0 saturated carbocycles. The second-order valence-corrected chi connectivity index (χ2v) is 6.11. The van der Waals surface area contributed by atoms with Crippen LogP contribution in [-0.2, 0) is 12.8 Å². The number of aryl methyl sites for hydroxylation is 1. The summed E-state index contributed by atoms with van der Waals surface area (Å²) in [5.41, 5.74) is 12.2. The summed E-state index contributed by atoms with van der Waals surface area (Å²) in [6.45, 7) is 1.10. The van der Waals surface area contributed by atoms with Gasteiger partial charge < -0.3 is 10.6 Å². The Morgan fingerprint density at radius 2 is 2.19 bits per heavy atom. The van der Waals surface area contributed by atoms with Gasteiger partial charge in [0, 0.05) is 48.3 Å². The van der Waals surface area contributed by atoms with E-state index in [4.69, 9.17) is 10.7 Å². The van der Waals surface area contributed by atoms with Crippen LogP contribution in [0.5, 0.6) is 0 Å². The topological polar surface area (TPSA) is 55.0 Å². The molecule has 1 aliphatic heterocycles. The van der Waals surface area contributed by atoms with E-state index in [0.717, 1.165) is 54.9 Å². The van der Waals surface area contributed by atoms with Gasteiger partial charge in [-0.15, -0.1) is 0 Å². The molecule has 1 aromatic heterocycles. The Kier molecular flexibility index (Phi) is 2.93. The molecular weight excluding hydrogens is 260 g/mol. The van der Waals surface area contributed by atoms with Gasteiger partial charge in [-0.05, 0) is 49.4 Å². The van der Waals surface area contributed by atoms with Gasteiger partial charge in [0.15, 0.2) is 5.82 Å². The number of aromatic nitrogens is 2. The zero-order chi connectivity index (χ0) is 14.4. The lowest BCUT2D eigenvalue weighted by Gasteiger charge is -2.21. The molecule has 1 aromatic carbocycles. The molecule has 1 atom stereocenters. The molecule has 1 aliphatic carbocycles. The van der Waals surface area contributed by atoms with Gasteiger partial charge in [-0.1, -0.05) is 0 Å². The number of nitrogens with zero attached hydrogens (tertiary/aromatic N) is 3. The molecule has 1 unspecified atom stereocenters. The smallest absolute Gasteiger partial charge is 0.159 e. The van der Waals surface area contributed by atoms with E-state index >= 15 is 0 Å². The van der Waals surface area contributed by atoms with Crippen molar-refractivity contribution in [1.82, 2.24) is 9.97 Å². The minimum atomic E-state index is 0.108. The molecule has 21 heavy (non-hydrogen) atoms. The minimum Gasteiger partial charge on any atom is -0.374 e. The van der Waals surface area contributed by atoms with E-state index in [1.54, 1.807) is 0 Å². The highest BCUT2D eigenvalue weighted by Gasteiger charge is 2.20. The second kappa shape index (κ2) is 4.81. The van der Waals surface area contributed by atoms with Gasteiger partial charge in [0.05, 0.1) is 0 Å². The average Bonchev–Trinajstić information content (AvgIpc) is 2.88. The summed E-state index contributed by atoms with van der Waals surface area (Å²) in [4.78, 5) is 11.6. The first-order chi connectivity index (χ1) is 10.2. The molecule has 4 rings (SSSR count). The van der Waals surface area contributed by atoms with Crippen molar-refractivity contribution in [2.24, 2.45) is 5.73 Å². The molecule has 2 aromatic rings. The highest BCUT2D eigenvalue weighted by Crippen LogP contribution is 2.32. The van der Waals surface area contributed by atoms with Crippen molar-refractivity contribution in [1.29, 1.82) is 0 Å². The third-order valence-corrected chi connectivity index (χ3v) is 4.69. The monoisotopic (exact) mass is 280 g/mol. The van der Waals surface area contributed by atoms with Crippen molar-refractivity contribution in [3.8, 4) is 11.4 Å². The lowest BCUT2D eigenvalue weighted by atomic mass is 9.93. The Morgan fingerprint density at radius 1 is 1.29 bits per heavy atom. The fraction of sp³-hybridized carbons (Fsp3) is 0.412. The molecule has 0 spiro atoms. The predicted octanol–water partition coefficient (Wildman–Crippen LogP) is 2.47. The van der Waals surface area contributed by atoms with Gasteiger partial charge in [-0.25, -0.2) is 9.97 Å². The standard InChI is InChI=1S/C17H20N4/c1-21-8-7-11-9-12(5-6-16(11)21)17-19-10-13-14(18)3-2-4-15(13)20-17/h5-6,9-10,14H,2-4,7-8,18H2,1H3. The lowest BCUT2D eigenvalue weighted by Crippen LogP contribution is -2.19. The maximum Gasteiger partial charge on any atom is 0.159 e. The molecule has 2 heterocycles. The Morgan fingerprint density at radius 3 is 3.10 bits per heavy atom. The number of benzene rings is 1. The molecule has 4 heteroatoms. The Hall–Kier alpha value is -1.94. The first-order valence-electron chi connectivity index (χ1n) is 7.68. The van der Waals surface area contributed by atoms with Gasteiger partial charge in [-0.2, -0.15) is 0 Å². The molecule has 0 fully saturated rings. The number of likely N-dealkylation sites (N-methyl/N-ethyl adjacent to an activating group) is 1. The molecule has 0 saturated heterocycles. The second-order valence-electron chi connectivity index (χ2n) is 6.11. The van der Waals surface area contributed by atoms with Crippen LogP contribution in [0.2, 0.25) is 0 Å². The van der Waals surface area contributed by atoms with E-state index in [2.05, 4.69) is 35.1 Å². The van der Waals surface area contributed by atoms with Crippen LogP contribution in [0.3, 0.4) is 0 Å². The highest BCUT2D eigenvalue weighted by atomic mass is 15.1. The SMILES string of the molecule is CN1CCc2cc(-c3ncc4c(n3)CCCC4N)ccc21. The molecule has 4 nitrogen and oxygen atoms in total. The van der Waals surface area contributed by atoms with Crippen LogP contribution in [0.15, 0.2) is 24.4 Å². The summed E-state index contributed by atoms with van der Waals surface area (Å²) in [5, 5.41) is 0. The normalized spacial score (nSPS) is 20.3. The van der Waals surface area contributed by atoms with E-state index in [1.165, 1.54) is 11.3 Å². The quantitative estimate of drug-likeness (QED) is 0.872. The number of hydrogen-bond acceptors (Lipinski definition) is 4. The van der Waals surface area contributed by atoms with Gasteiger partial charge in [0.1, 0.15) is 0 Å². The zero-order valence-electron chi connectivity index (χ0n) is 12.3. The number of anilines is 1. The average molecular weight is 280 g/mol. The largest absolute Gasteiger partial charge is 0.374 e. The Labute approximate surface area is 125 Å². The van der Waals surface area contributed by atoms with Crippen molar-refractivity contribution in [2.45, 2.75) is 31.7 Å². The minimum absolute atomic E-state index is 0.108. The number of nitrogens with two attached hydrogens (primary N) is 1. The van der Waals surface area contributed by atoms with Crippen LogP contribution < -0.4 is 10.6 Å².